The summed E-state index contributed by atoms with van der Waals surface area (Å²) in [5.74, 6) is -1.72. The van der Waals surface area contributed by atoms with Crippen molar-refractivity contribution in [1.29, 1.82) is 0 Å². The number of thioether (sulfide) groups is 1. The molecule has 0 aliphatic heterocycles. The fourth-order valence-corrected chi connectivity index (χ4v) is 6.27. The predicted octanol–water partition coefficient (Wildman–Crippen LogP) is 7.91. The molecule has 0 atom stereocenters. The quantitative estimate of drug-likeness (QED) is 0.252. The van der Waals surface area contributed by atoms with Gasteiger partial charge in [-0.2, -0.15) is 13.2 Å². The molecular weight excluding hydrogens is 563 g/mol. The maximum Gasteiger partial charge on any atom is 0.421 e. The molecular formula is C28H30F3N3O4S2. The monoisotopic (exact) mass is 593 g/mol. The summed E-state index contributed by atoms with van der Waals surface area (Å²) in [6.45, 7) is 5.75. The Morgan fingerprint density at radius 1 is 1.18 bits per heavy atom. The van der Waals surface area contributed by atoms with E-state index in [2.05, 4.69) is 16.9 Å². The normalized spacial score (nSPS) is 17.6. The van der Waals surface area contributed by atoms with Gasteiger partial charge in [0.1, 0.15) is 15.7 Å². The van der Waals surface area contributed by atoms with Crippen LogP contribution in [0.15, 0.2) is 46.4 Å². The average Bonchev–Trinajstić information content (AvgIpc) is 3.42. The summed E-state index contributed by atoms with van der Waals surface area (Å²) in [4.78, 5) is 35.2. The summed E-state index contributed by atoms with van der Waals surface area (Å²) in [5, 5.41) is 11.8. The van der Waals surface area contributed by atoms with E-state index < -0.39 is 23.6 Å². The molecule has 1 fully saturated rings. The van der Waals surface area contributed by atoms with E-state index in [-0.39, 0.29) is 40.6 Å². The number of hydrogen-bond acceptors (Lipinski definition) is 7. The minimum absolute atomic E-state index is 0.133. The fraction of sp³-hybridized carbons (Fsp3) is 0.429. The molecule has 7 nitrogen and oxygen atoms in total. The van der Waals surface area contributed by atoms with E-state index in [4.69, 9.17) is 4.74 Å². The number of carbonyl (C=O) groups is 2. The molecule has 1 aliphatic rings. The molecule has 0 spiro atoms. The second kappa shape index (κ2) is 12.6. The third kappa shape index (κ3) is 7.14. The van der Waals surface area contributed by atoms with Crippen molar-refractivity contribution in [2.24, 2.45) is 11.8 Å². The number of benzene rings is 1. The third-order valence-electron chi connectivity index (χ3n) is 6.78. The van der Waals surface area contributed by atoms with Gasteiger partial charge in [-0.25, -0.2) is 14.8 Å². The lowest BCUT2D eigenvalue weighted by atomic mass is 9.82. The van der Waals surface area contributed by atoms with Gasteiger partial charge in [0.25, 0.3) is 0 Å². The minimum atomic E-state index is -4.75. The lowest BCUT2D eigenvalue weighted by Gasteiger charge is -2.34. The lowest BCUT2D eigenvalue weighted by Crippen LogP contribution is -2.42. The van der Waals surface area contributed by atoms with Gasteiger partial charge in [-0.15, -0.1) is 11.3 Å². The number of alkyl halides is 3. The van der Waals surface area contributed by atoms with E-state index in [1.54, 1.807) is 25.4 Å². The van der Waals surface area contributed by atoms with Gasteiger partial charge >= 0.3 is 12.1 Å². The van der Waals surface area contributed by atoms with Crippen LogP contribution in [0.3, 0.4) is 0 Å². The predicted molar refractivity (Wildman–Crippen MR) is 148 cm³/mol. The summed E-state index contributed by atoms with van der Waals surface area (Å²) in [7, 11) is 0. The van der Waals surface area contributed by atoms with Crippen LogP contribution in [0.25, 0.3) is 0 Å². The first-order valence-corrected chi connectivity index (χ1v) is 14.8. The standard InChI is InChI=1S/C28H30F3N3O4S2/c1-16(2)34(25(35)19-6-4-17(3)5-7-19)23-9-8-20(13-21(23)26(36)37)38-24-22(28(29,30)31)12-18(14-33-24)15-40-27-32-10-11-39-27/h8-14,16-17,19H,4-7,15H2,1-3H3,(H,36,37). The summed E-state index contributed by atoms with van der Waals surface area (Å²) >= 11 is 2.68. The highest BCUT2D eigenvalue weighted by Gasteiger charge is 2.36. The second-order valence-electron chi connectivity index (χ2n) is 10.1. The molecule has 0 radical (unpaired) electrons. The number of amides is 1. The molecule has 0 unspecified atom stereocenters. The number of carboxylic acid groups (broad SMARTS) is 1. The van der Waals surface area contributed by atoms with Crippen LogP contribution in [-0.2, 0) is 16.7 Å². The van der Waals surface area contributed by atoms with Crippen LogP contribution < -0.4 is 9.64 Å². The first-order chi connectivity index (χ1) is 18.9. The van der Waals surface area contributed by atoms with Gasteiger partial charge in [0.15, 0.2) is 0 Å². The van der Waals surface area contributed by atoms with Gasteiger partial charge in [-0.1, -0.05) is 18.7 Å². The SMILES string of the molecule is CC1CCC(C(=O)N(c2ccc(Oc3ncc(CSc4nccs4)cc3C(F)(F)F)cc2C(=O)O)C(C)C)CC1. The minimum Gasteiger partial charge on any atom is -0.478 e. The topological polar surface area (TPSA) is 92.6 Å². The van der Waals surface area contributed by atoms with Gasteiger partial charge in [0.2, 0.25) is 11.8 Å². The second-order valence-corrected chi connectivity index (χ2v) is 12.2. The maximum atomic E-state index is 13.9. The van der Waals surface area contributed by atoms with Crippen molar-refractivity contribution in [3.8, 4) is 11.6 Å². The van der Waals surface area contributed by atoms with Gasteiger partial charge in [-0.3, -0.25) is 4.79 Å². The number of hydrogen-bond donors (Lipinski definition) is 1. The van der Waals surface area contributed by atoms with E-state index in [9.17, 15) is 27.9 Å². The number of anilines is 1. The van der Waals surface area contributed by atoms with E-state index in [1.165, 1.54) is 46.3 Å². The molecule has 2 aromatic heterocycles. The molecule has 214 valence electrons. The van der Waals surface area contributed by atoms with Crippen LogP contribution in [0.4, 0.5) is 18.9 Å². The van der Waals surface area contributed by atoms with Crippen molar-refractivity contribution in [2.45, 2.75) is 68.8 Å². The van der Waals surface area contributed by atoms with E-state index in [0.29, 0.717) is 11.5 Å². The maximum absolute atomic E-state index is 13.9. The Balaban J connectivity index is 1.61. The van der Waals surface area contributed by atoms with E-state index in [0.717, 1.165) is 42.2 Å². The van der Waals surface area contributed by atoms with Gasteiger partial charge in [-0.05, 0) is 75.3 Å². The molecule has 1 amide bonds. The van der Waals surface area contributed by atoms with Crippen LogP contribution >= 0.6 is 23.1 Å². The number of halogens is 3. The number of thiazole rings is 1. The van der Waals surface area contributed by atoms with Crippen molar-refractivity contribution < 1.29 is 32.6 Å². The third-order valence-corrected chi connectivity index (χ3v) is 8.81. The van der Waals surface area contributed by atoms with Crippen LogP contribution in [0.2, 0.25) is 0 Å². The highest BCUT2D eigenvalue weighted by Crippen LogP contribution is 2.40. The molecule has 2 heterocycles. The molecule has 1 saturated carbocycles. The van der Waals surface area contributed by atoms with Crippen LogP contribution in [-0.4, -0.2) is 33.0 Å². The largest absolute Gasteiger partial charge is 0.478 e. The van der Waals surface area contributed by atoms with Gasteiger partial charge in [0.05, 0.1) is 11.3 Å². The molecule has 0 bridgehead atoms. The van der Waals surface area contributed by atoms with Crippen molar-refractivity contribution in [3.63, 3.8) is 0 Å². The zero-order chi connectivity index (χ0) is 29.0. The molecule has 1 aromatic carbocycles. The van der Waals surface area contributed by atoms with Crippen LogP contribution in [0, 0.1) is 11.8 Å². The van der Waals surface area contributed by atoms with Crippen LogP contribution in [0.1, 0.15) is 67.9 Å². The number of rotatable bonds is 9. The molecule has 12 heteroatoms. The highest BCUT2D eigenvalue weighted by atomic mass is 32.2. The van der Waals surface area contributed by atoms with E-state index in [1.807, 2.05) is 0 Å². The molecule has 4 rings (SSSR count). The number of carboxylic acids is 1. The Hall–Kier alpha value is -3.12. The Morgan fingerprint density at radius 3 is 2.50 bits per heavy atom. The first kappa shape index (κ1) is 29.9. The van der Waals surface area contributed by atoms with Crippen molar-refractivity contribution in [3.05, 3.63) is 58.7 Å². The summed E-state index contributed by atoms with van der Waals surface area (Å²) in [6.07, 6.45) is 1.48. The van der Waals surface area contributed by atoms with E-state index >= 15 is 0 Å². The Labute approximate surface area is 238 Å². The number of ether oxygens (including phenoxy) is 1. The summed E-state index contributed by atoms with van der Waals surface area (Å²) < 4.78 is 48.0. The fourth-order valence-electron chi connectivity index (χ4n) is 4.71. The van der Waals surface area contributed by atoms with Crippen molar-refractivity contribution in [2.75, 3.05) is 4.90 Å². The van der Waals surface area contributed by atoms with Crippen molar-refractivity contribution >= 4 is 40.7 Å². The lowest BCUT2D eigenvalue weighted by molar-refractivity contribution is -0.139. The Bertz CT molecular complexity index is 1340. The highest BCUT2D eigenvalue weighted by molar-refractivity contribution is 8.00. The van der Waals surface area contributed by atoms with Crippen molar-refractivity contribution in [1.82, 2.24) is 9.97 Å². The zero-order valence-electron chi connectivity index (χ0n) is 22.3. The number of pyridine rings is 1. The number of carbonyl (C=O) groups excluding carboxylic acids is 1. The first-order valence-electron chi connectivity index (χ1n) is 12.9. The molecule has 40 heavy (non-hydrogen) atoms. The molecule has 3 aromatic rings. The Morgan fingerprint density at radius 2 is 1.90 bits per heavy atom. The Kier molecular flexibility index (Phi) is 9.40. The van der Waals surface area contributed by atoms with Gasteiger partial charge < -0.3 is 14.7 Å². The average molecular weight is 594 g/mol. The number of nitrogens with zero attached hydrogens (tertiary/aromatic N) is 3. The zero-order valence-corrected chi connectivity index (χ0v) is 23.9. The number of aromatic carboxylic acids is 1. The molecule has 1 aliphatic carbocycles. The smallest absolute Gasteiger partial charge is 0.421 e. The van der Waals surface area contributed by atoms with Gasteiger partial charge in [0, 0.05) is 35.5 Å². The summed E-state index contributed by atoms with van der Waals surface area (Å²) in [5.41, 5.74) is -0.799. The number of aromatic nitrogens is 2. The summed E-state index contributed by atoms with van der Waals surface area (Å²) in [6, 6.07) is 4.55. The molecule has 1 N–H and O–H groups in total. The van der Waals surface area contributed by atoms with Crippen LogP contribution in [0.5, 0.6) is 11.6 Å². The molecule has 0 saturated heterocycles.